The standard InChI is InChI=1S/C15H29FO7/c1-6-7-18-11(2)8-19-12(3)9-20-13(4)10-21-14(5)15(17)22-23-16/h11-14H,6-10H2,1-5H3. The van der Waals surface area contributed by atoms with Crippen molar-refractivity contribution >= 4 is 5.97 Å². The van der Waals surface area contributed by atoms with Gasteiger partial charge in [-0.05, 0) is 38.6 Å². The molecule has 0 bridgehead atoms. The minimum Gasteiger partial charge on any atom is -0.376 e. The van der Waals surface area contributed by atoms with Crippen molar-refractivity contribution in [1.82, 2.24) is 0 Å². The van der Waals surface area contributed by atoms with Crippen molar-refractivity contribution in [2.75, 3.05) is 26.4 Å². The molecule has 0 fully saturated rings. The zero-order valence-electron chi connectivity index (χ0n) is 14.6. The van der Waals surface area contributed by atoms with Gasteiger partial charge < -0.3 is 18.9 Å². The van der Waals surface area contributed by atoms with Crippen LogP contribution in [0.3, 0.4) is 0 Å². The quantitative estimate of drug-likeness (QED) is 0.355. The summed E-state index contributed by atoms with van der Waals surface area (Å²) in [5.74, 6) is -0.947. The van der Waals surface area contributed by atoms with E-state index in [2.05, 4.69) is 16.9 Å². The third-order valence-electron chi connectivity index (χ3n) is 2.86. The molecule has 0 aliphatic rings. The lowest BCUT2D eigenvalue weighted by atomic mass is 10.3. The lowest BCUT2D eigenvalue weighted by molar-refractivity contribution is -0.401. The van der Waals surface area contributed by atoms with Crippen LogP contribution in [0.1, 0.15) is 41.0 Å². The number of hydrogen-bond donors (Lipinski definition) is 0. The maximum absolute atomic E-state index is 11.4. The number of hydrogen-bond acceptors (Lipinski definition) is 7. The molecule has 0 saturated carbocycles. The Morgan fingerprint density at radius 2 is 1.35 bits per heavy atom. The van der Waals surface area contributed by atoms with Gasteiger partial charge >= 0.3 is 5.97 Å². The Morgan fingerprint density at radius 1 is 0.870 bits per heavy atom. The van der Waals surface area contributed by atoms with E-state index in [1.54, 1.807) is 6.92 Å². The summed E-state index contributed by atoms with van der Waals surface area (Å²) in [5, 5.41) is 2.79. The molecule has 0 heterocycles. The average molecular weight is 340 g/mol. The van der Waals surface area contributed by atoms with E-state index in [9.17, 15) is 9.32 Å². The Morgan fingerprint density at radius 3 is 1.83 bits per heavy atom. The van der Waals surface area contributed by atoms with Crippen LogP contribution in [0.25, 0.3) is 0 Å². The highest BCUT2D eigenvalue weighted by molar-refractivity contribution is 5.73. The first-order chi connectivity index (χ1) is 10.9. The summed E-state index contributed by atoms with van der Waals surface area (Å²) in [4.78, 5) is 14.8. The normalized spacial score (nSPS) is 16.6. The van der Waals surface area contributed by atoms with Crippen LogP contribution >= 0.6 is 0 Å². The van der Waals surface area contributed by atoms with Crippen LogP contribution in [0.5, 0.6) is 0 Å². The minimum atomic E-state index is -0.947. The summed E-state index contributed by atoms with van der Waals surface area (Å²) >= 11 is 0. The SMILES string of the molecule is CCCOC(C)COC(C)COC(C)COC(C)C(=O)OOF. The van der Waals surface area contributed by atoms with E-state index in [4.69, 9.17) is 18.9 Å². The van der Waals surface area contributed by atoms with Crippen LogP contribution in [-0.2, 0) is 33.7 Å². The van der Waals surface area contributed by atoms with Crippen LogP contribution < -0.4 is 0 Å². The molecule has 0 rings (SSSR count). The summed E-state index contributed by atoms with van der Waals surface area (Å²) in [6.07, 6.45) is -0.266. The highest BCUT2D eigenvalue weighted by atomic mass is 19.3. The van der Waals surface area contributed by atoms with Gasteiger partial charge in [-0.15, -0.1) is 0 Å². The zero-order valence-corrected chi connectivity index (χ0v) is 14.6. The van der Waals surface area contributed by atoms with Gasteiger partial charge in [0.2, 0.25) is 0 Å². The van der Waals surface area contributed by atoms with Crippen molar-refractivity contribution in [3.8, 4) is 0 Å². The molecule has 0 aromatic rings. The van der Waals surface area contributed by atoms with Crippen molar-refractivity contribution < 1.29 is 38.2 Å². The molecule has 0 aliphatic heterocycles. The molecule has 23 heavy (non-hydrogen) atoms. The lowest BCUT2D eigenvalue weighted by Crippen LogP contribution is -2.29. The van der Waals surface area contributed by atoms with Crippen LogP contribution in [0, 0.1) is 0 Å². The second-order valence-corrected chi connectivity index (χ2v) is 5.41. The predicted molar refractivity (Wildman–Crippen MR) is 80.2 cm³/mol. The third-order valence-corrected chi connectivity index (χ3v) is 2.86. The topological polar surface area (TPSA) is 72.5 Å². The molecular formula is C15H29FO7. The molecule has 0 amide bonds. The largest absolute Gasteiger partial charge is 0.376 e. The Kier molecular flexibility index (Phi) is 13.1. The van der Waals surface area contributed by atoms with Gasteiger partial charge in [-0.25, -0.2) is 4.79 Å². The van der Waals surface area contributed by atoms with Gasteiger partial charge in [-0.3, -0.25) is 4.89 Å². The molecule has 0 radical (unpaired) electrons. The summed E-state index contributed by atoms with van der Waals surface area (Å²) in [7, 11) is 0. The fraction of sp³-hybridized carbons (Fsp3) is 0.933. The number of ether oxygens (including phenoxy) is 4. The van der Waals surface area contributed by atoms with E-state index in [-0.39, 0.29) is 24.9 Å². The molecule has 0 aromatic heterocycles. The van der Waals surface area contributed by atoms with Gasteiger partial charge in [-0.2, -0.15) is 0 Å². The van der Waals surface area contributed by atoms with E-state index in [1.165, 1.54) is 6.92 Å². The summed E-state index contributed by atoms with van der Waals surface area (Å²) in [6, 6.07) is 0. The highest BCUT2D eigenvalue weighted by Crippen LogP contribution is 2.03. The van der Waals surface area contributed by atoms with Gasteiger partial charge in [0.15, 0.2) is 6.10 Å². The average Bonchev–Trinajstić information content (AvgIpc) is 2.53. The number of rotatable bonds is 14. The molecule has 138 valence electrons. The number of halogens is 1. The molecule has 0 spiro atoms. The van der Waals surface area contributed by atoms with Gasteiger partial charge in [0.1, 0.15) is 0 Å². The van der Waals surface area contributed by atoms with Crippen molar-refractivity contribution in [2.24, 2.45) is 0 Å². The predicted octanol–water partition coefficient (Wildman–Crippen LogP) is 2.38. The smallest absolute Gasteiger partial charge is 0.374 e. The maximum Gasteiger partial charge on any atom is 0.374 e. The molecule has 0 aliphatic carbocycles. The lowest BCUT2D eigenvalue weighted by Gasteiger charge is -2.20. The Bertz CT molecular complexity index is 304. The van der Waals surface area contributed by atoms with Gasteiger partial charge in [0, 0.05) is 11.7 Å². The number of carbonyl (C=O) groups is 1. The van der Waals surface area contributed by atoms with Gasteiger partial charge in [0.05, 0.1) is 38.1 Å². The molecule has 0 aromatic carbocycles. The summed E-state index contributed by atoms with van der Waals surface area (Å²) in [6.45, 7) is 10.9. The second kappa shape index (κ2) is 13.6. The van der Waals surface area contributed by atoms with E-state index in [0.29, 0.717) is 13.2 Å². The fourth-order valence-corrected chi connectivity index (χ4v) is 1.51. The highest BCUT2D eigenvalue weighted by Gasteiger charge is 2.18. The number of carbonyl (C=O) groups excluding carboxylic acids is 1. The maximum atomic E-state index is 11.4. The van der Waals surface area contributed by atoms with E-state index in [0.717, 1.165) is 13.0 Å². The van der Waals surface area contributed by atoms with Crippen molar-refractivity contribution in [3.63, 3.8) is 0 Å². The van der Waals surface area contributed by atoms with Crippen molar-refractivity contribution in [3.05, 3.63) is 0 Å². The first kappa shape index (κ1) is 22.2. The van der Waals surface area contributed by atoms with Gasteiger partial charge in [0.25, 0.3) is 0 Å². The Balaban J connectivity index is 3.75. The van der Waals surface area contributed by atoms with Crippen molar-refractivity contribution in [2.45, 2.75) is 65.5 Å². The van der Waals surface area contributed by atoms with E-state index < -0.39 is 12.1 Å². The molecule has 7 nitrogen and oxygen atoms in total. The van der Waals surface area contributed by atoms with Crippen molar-refractivity contribution in [1.29, 1.82) is 0 Å². The molecule has 8 heteroatoms. The fourth-order valence-electron chi connectivity index (χ4n) is 1.51. The van der Waals surface area contributed by atoms with Crippen LogP contribution in [-0.4, -0.2) is 56.8 Å². The van der Waals surface area contributed by atoms with E-state index >= 15 is 0 Å². The minimum absolute atomic E-state index is 0.0442. The van der Waals surface area contributed by atoms with Crippen LogP contribution in [0.2, 0.25) is 0 Å². The van der Waals surface area contributed by atoms with Crippen LogP contribution in [0.15, 0.2) is 0 Å². The third kappa shape index (κ3) is 12.3. The van der Waals surface area contributed by atoms with Crippen LogP contribution in [0.4, 0.5) is 4.53 Å². The molecule has 4 unspecified atom stereocenters. The first-order valence-corrected chi connectivity index (χ1v) is 7.86. The molecule has 0 N–H and O–H groups in total. The molecule has 0 saturated heterocycles. The summed E-state index contributed by atoms with van der Waals surface area (Å²) < 4.78 is 33.2. The second-order valence-electron chi connectivity index (χ2n) is 5.41. The first-order valence-electron chi connectivity index (χ1n) is 7.86. The Labute approximate surface area is 137 Å². The summed E-state index contributed by atoms with van der Waals surface area (Å²) in [5.41, 5.74) is 0. The molecule has 4 atom stereocenters. The zero-order chi connectivity index (χ0) is 17.7. The van der Waals surface area contributed by atoms with E-state index in [1.807, 2.05) is 13.8 Å². The Hall–Kier alpha value is -0.800. The van der Waals surface area contributed by atoms with Gasteiger partial charge in [-0.1, -0.05) is 6.92 Å². The molecular weight excluding hydrogens is 311 g/mol. The monoisotopic (exact) mass is 340 g/mol.